The highest BCUT2D eigenvalue weighted by molar-refractivity contribution is 5.98. The molecule has 26 heavy (non-hydrogen) atoms. The molecule has 1 aromatic heterocycles. The Bertz CT molecular complexity index is 802. The van der Waals surface area contributed by atoms with Crippen molar-refractivity contribution in [2.24, 2.45) is 5.92 Å². The van der Waals surface area contributed by atoms with Gasteiger partial charge in [0.05, 0.1) is 5.92 Å². The summed E-state index contributed by atoms with van der Waals surface area (Å²) in [6.45, 7) is 7.16. The molecule has 1 saturated heterocycles. The SMILES string of the molecule is Cc1cccc(C(C)C)c1NC(=O)C1CC(=O)N(Cc2cccnc2)C1. The van der Waals surface area contributed by atoms with E-state index in [1.807, 2.05) is 37.3 Å². The molecule has 136 valence electrons. The molecule has 1 unspecified atom stereocenters. The zero-order valence-corrected chi connectivity index (χ0v) is 15.5. The van der Waals surface area contributed by atoms with E-state index in [1.54, 1.807) is 17.3 Å². The lowest BCUT2D eigenvalue weighted by Gasteiger charge is -2.19. The zero-order chi connectivity index (χ0) is 18.7. The Morgan fingerprint density at radius 3 is 2.81 bits per heavy atom. The van der Waals surface area contributed by atoms with Gasteiger partial charge in [0.1, 0.15) is 0 Å². The second-order valence-electron chi connectivity index (χ2n) is 7.22. The molecule has 5 heteroatoms. The molecule has 1 fully saturated rings. The van der Waals surface area contributed by atoms with E-state index in [4.69, 9.17) is 0 Å². The highest BCUT2D eigenvalue weighted by atomic mass is 16.2. The van der Waals surface area contributed by atoms with Gasteiger partial charge in [0.25, 0.3) is 0 Å². The van der Waals surface area contributed by atoms with Crippen molar-refractivity contribution in [3.63, 3.8) is 0 Å². The van der Waals surface area contributed by atoms with Crippen LogP contribution in [0, 0.1) is 12.8 Å². The van der Waals surface area contributed by atoms with Crippen LogP contribution >= 0.6 is 0 Å². The Kier molecular flexibility index (Phi) is 5.35. The maximum Gasteiger partial charge on any atom is 0.229 e. The second kappa shape index (κ2) is 7.68. The smallest absolute Gasteiger partial charge is 0.229 e. The number of anilines is 1. The summed E-state index contributed by atoms with van der Waals surface area (Å²) in [7, 11) is 0. The van der Waals surface area contributed by atoms with E-state index in [-0.39, 0.29) is 24.2 Å². The molecule has 1 aliphatic heterocycles. The van der Waals surface area contributed by atoms with Gasteiger partial charge in [-0.1, -0.05) is 38.1 Å². The van der Waals surface area contributed by atoms with E-state index >= 15 is 0 Å². The molecular weight excluding hydrogens is 326 g/mol. The van der Waals surface area contributed by atoms with Crippen LogP contribution in [-0.2, 0) is 16.1 Å². The molecule has 2 heterocycles. The van der Waals surface area contributed by atoms with E-state index < -0.39 is 0 Å². The Morgan fingerprint density at radius 2 is 2.12 bits per heavy atom. The molecule has 0 radical (unpaired) electrons. The number of rotatable bonds is 5. The summed E-state index contributed by atoms with van der Waals surface area (Å²) < 4.78 is 0. The molecule has 2 amide bonds. The standard InChI is InChI=1S/C21H25N3O2/c1-14(2)18-8-4-6-15(3)20(18)23-21(26)17-10-19(25)24(13-17)12-16-7-5-9-22-11-16/h4-9,11,14,17H,10,12-13H2,1-3H3,(H,23,26). The topological polar surface area (TPSA) is 62.3 Å². The molecular formula is C21H25N3O2. The van der Waals surface area contributed by atoms with Crippen molar-refractivity contribution in [1.29, 1.82) is 0 Å². The third kappa shape index (κ3) is 3.93. The summed E-state index contributed by atoms with van der Waals surface area (Å²) in [6.07, 6.45) is 3.72. The van der Waals surface area contributed by atoms with Crippen LogP contribution in [0.2, 0.25) is 0 Å². The largest absolute Gasteiger partial charge is 0.337 e. The minimum atomic E-state index is -0.321. The van der Waals surface area contributed by atoms with E-state index in [1.165, 1.54) is 0 Å². The van der Waals surface area contributed by atoms with Crippen LogP contribution in [0.25, 0.3) is 0 Å². The molecule has 1 aliphatic rings. The number of hydrogen-bond acceptors (Lipinski definition) is 3. The lowest BCUT2D eigenvalue weighted by atomic mass is 9.97. The number of aryl methyl sites for hydroxylation is 1. The first-order valence-corrected chi connectivity index (χ1v) is 9.02. The van der Waals surface area contributed by atoms with Gasteiger partial charge in [-0.3, -0.25) is 14.6 Å². The summed E-state index contributed by atoms with van der Waals surface area (Å²) in [4.78, 5) is 30.9. The van der Waals surface area contributed by atoms with Crippen LogP contribution in [0.4, 0.5) is 5.69 Å². The van der Waals surface area contributed by atoms with E-state index in [0.29, 0.717) is 19.0 Å². The molecule has 0 aliphatic carbocycles. The Balaban J connectivity index is 1.69. The maximum absolute atomic E-state index is 12.8. The number of hydrogen-bond donors (Lipinski definition) is 1. The average molecular weight is 351 g/mol. The first-order chi connectivity index (χ1) is 12.5. The molecule has 1 atom stereocenters. The van der Waals surface area contributed by atoms with Gasteiger partial charge in [0.15, 0.2) is 0 Å². The molecule has 2 aromatic rings. The summed E-state index contributed by atoms with van der Waals surface area (Å²) in [5.74, 6) is -0.0672. The van der Waals surface area contributed by atoms with Crippen molar-refractivity contribution in [2.75, 3.05) is 11.9 Å². The number of pyridine rings is 1. The van der Waals surface area contributed by atoms with Crippen molar-refractivity contribution in [1.82, 2.24) is 9.88 Å². The molecule has 0 bridgehead atoms. The van der Waals surface area contributed by atoms with Gasteiger partial charge in [0, 0.05) is 37.6 Å². The molecule has 1 aromatic carbocycles. The fourth-order valence-corrected chi connectivity index (χ4v) is 3.38. The highest BCUT2D eigenvalue weighted by Crippen LogP contribution is 2.29. The second-order valence-corrected chi connectivity index (χ2v) is 7.22. The van der Waals surface area contributed by atoms with Crippen LogP contribution in [-0.4, -0.2) is 28.2 Å². The number of aromatic nitrogens is 1. The van der Waals surface area contributed by atoms with Crippen molar-refractivity contribution in [3.8, 4) is 0 Å². The number of carbonyl (C=O) groups is 2. The number of para-hydroxylation sites is 1. The van der Waals surface area contributed by atoms with Crippen LogP contribution in [0.1, 0.15) is 42.9 Å². The van der Waals surface area contributed by atoms with Crippen LogP contribution in [0.5, 0.6) is 0 Å². The van der Waals surface area contributed by atoms with Crippen LogP contribution < -0.4 is 5.32 Å². The van der Waals surface area contributed by atoms with Gasteiger partial charge in [-0.15, -0.1) is 0 Å². The molecule has 3 rings (SSSR count). The minimum Gasteiger partial charge on any atom is -0.337 e. The Labute approximate surface area is 154 Å². The number of nitrogens with zero attached hydrogens (tertiary/aromatic N) is 2. The van der Waals surface area contributed by atoms with Crippen molar-refractivity contribution < 1.29 is 9.59 Å². The maximum atomic E-state index is 12.8. The van der Waals surface area contributed by atoms with Gasteiger partial charge < -0.3 is 10.2 Å². The van der Waals surface area contributed by atoms with Gasteiger partial charge in [-0.2, -0.15) is 0 Å². The predicted molar refractivity (Wildman–Crippen MR) is 102 cm³/mol. The average Bonchev–Trinajstić information content (AvgIpc) is 2.98. The number of carbonyl (C=O) groups excluding carboxylic acids is 2. The van der Waals surface area contributed by atoms with Crippen molar-refractivity contribution >= 4 is 17.5 Å². The summed E-state index contributed by atoms with van der Waals surface area (Å²) in [6, 6.07) is 9.84. The number of nitrogens with one attached hydrogen (secondary N) is 1. The first kappa shape index (κ1) is 18.1. The molecule has 1 N–H and O–H groups in total. The highest BCUT2D eigenvalue weighted by Gasteiger charge is 2.34. The summed E-state index contributed by atoms with van der Waals surface area (Å²) >= 11 is 0. The van der Waals surface area contributed by atoms with Crippen molar-refractivity contribution in [2.45, 2.75) is 39.7 Å². The van der Waals surface area contributed by atoms with Gasteiger partial charge in [-0.25, -0.2) is 0 Å². The lowest BCUT2D eigenvalue weighted by Crippen LogP contribution is -2.28. The third-order valence-corrected chi connectivity index (χ3v) is 4.86. The predicted octanol–water partition coefficient (Wildman–Crippen LogP) is 3.50. The van der Waals surface area contributed by atoms with Crippen LogP contribution in [0.15, 0.2) is 42.7 Å². The van der Waals surface area contributed by atoms with Gasteiger partial charge in [0.2, 0.25) is 11.8 Å². The molecule has 0 saturated carbocycles. The summed E-state index contributed by atoms with van der Waals surface area (Å²) in [5.41, 5.74) is 4.02. The van der Waals surface area contributed by atoms with Gasteiger partial charge >= 0.3 is 0 Å². The summed E-state index contributed by atoms with van der Waals surface area (Å²) in [5, 5.41) is 3.08. The van der Waals surface area contributed by atoms with E-state index in [2.05, 4.69) is 24.1 Å². The molecule has 5 nitrogen and oxygen atoms in total. The zero-order valence-electron chi connectivity index (χ0n) is 15.5. The van der Waals surface area contributed by atoms with Gasteiger partial charge in [-0.05, 0) is 35.6 Å². The van der Waals surface area contributed by atoms with E-state index in [9.17, 15) is 9.59 Å². The Hall–Kier alpha value is -2.69. The lowest BCUT2D eigenvalue weighted by molar-refractivity contribution is -0.128. The molecule has 0 spiro atoms. The monoisotopic (exact) mass is 351 g/mol. The number of amides is 2. The fraction of sp³-hybridized carbons (Fsp3) is 0.381. The number of benzene rings is 1. The van der Waals surface area contributed by atoms with Crippen LogP contribution in [0.3, 0.4) is 0 Å². The quantitative estimate of drug-likeness (QED) is 0.897. The first-order valence-electron chi connectivity index (χ1n) is 9.02. The Morgan fingerprint density at radius 1 is 1.31 bits per heavy atom. The van der Waals surface area contributed by atoms with E-state index in [0.717, 1.165) is 22.4 Å². The van der Waals surface area contributed by atoms with Crippen molar-refractivity contribution in [3.05, 3.63) is 59.4 Å². The minimum absolute atomic E-state index is 0.0165. The number of likely N-dealkylation sites (tertiary alicyclic amines) is 1. The third-order valence-electron chi connectivity index (χ3n) is 4.86. The normalized spacial score (nSPS) is 17.0. The fourth-order valence-electron chi connectivity index (χ4n) is 3.38.